The number of nitrogen functional groups attached to an aromatic ring is 1. The Morgan fingerprint density at radius 2 is 1.83 bits per heavy atom. The molecule has 3 N–H and O–H groups in total. The molecule has 2 aromatic rings. The summed E-state index contributed by atoms with van der Waals surface area (Å²) >= 11 is 1.42. The molecule has 0 aliphatic heterocycles. The summed E-state index contributed by atoms with van der Waals surface area (Å²) in [6.45, 7) is 5.88. The Balaban J connectivity index is 2.27. The smallest absolute Gasteiger partial charge is 0.265 e. The normalized spacial score (nSPS) is 10.4. The first-order valence-corrected chi connectivity index (χ1v) is 6.54. The van der Waals surface area contributed by atoms with Crippen molar-refractivity contribution in [3.63, 3.8) is 0 Å². The first-order valence-electron chi connectivity index (χ1n) is 5.72. The molecule has 1 amide bonds. The van der Waals surface area contributed by atoms with E-state index in [2.05, 4.69) is 5.32 Å². The zero-order valence-electron chi connectivity index (χ0n) is 10.7. The fourth-order valence-corrected chi connectivity index (χ4v) is 2.63. The molecule has 1 aromatic carbocycles. The van der Waals surface area contributed by atoms with Crippen LogP contribution in [-0.2, 0) is 0 Å². The fraction of sp³-hybridized carbons (Fsp3) is 0.214. The predicted molar refractivity (Wildman–Crippen MR) is 77.3 cm³/mol. The van der Waals surface area contributed by atoms with Gasteiger partial charge >= 0.3 is 0 Å². The summed E-state index contributed by atoms with van der Waals surface area (Å²) in [6.07, 6.45) is 0. The largest absolute Gasteiger partial charge is 0.398 e. The van der Waals surface area contributed by atoms with Crippen LogP contribution in [0.2, 0.25) is 0 Å². The maximum absolute atomic E-state index is 12.1. The highest BCUT2D eigenvalue weighted by atomic mass is 32.1. The molecule has 0 aliphatic carbocycles. The SMILES string of the molecule is Cc1cccc(C)c1NC(=O)c1cc(N)c(C)s1. The predicted octanol–water partition coefficient (Wildman–Crippen LogP) is 3.51. The topological polar surface area (TPSA) is 55.1 Å². The monoisotopic (exact) mass is 260 g/mol. The molecule has 0 spiro atoms. The van der Waals surface area contributed by atoms with Gasteiger partial charge in [-0.3, -0.25) is 4.79 Å². The Kier molecular flexibility index (Phi) is 3.39. The van der Waals surface area contributed by atoms with E-state index in [0.29, 0.717) is 10.6 Å². The van der Waals surface area contributed by atoms with Crippen molar-refractivity contribution in [2.75, 3.05) is 11.1 Å². The van der Waals surface area contributed by atoms with Gasteiger partial charge < -0.3 is 11.1 Å². The highest BCUT2D eigenvalue weighted by Crippen LogP contribution is 2.26. The maximum atomic E-state index is 12.1. The van der Waals surface area contributed by atoms with Crippen LogP contribution in [0.15, 0.2) is 24.3 Å². The lowest BCUT2D eigenvalue weighted by Gasteiger charge is -2.10. The van der Waals surface area contributed by atoms with E-state index in [1.54, 1.807) is 6.07 Å². The average Bonchev–Trinajstić information content (AvgIpc) is 2.64. The molecule has 18 heavy (non-hydrogen) atoms. The molecular weight excluding hydrogens is 244 g/mol. The fourth-order valence-electron chi connectivity index (χ4n) is 1.79. The number of nitrogens with two attached hydrogens (primary N) is 1. The number of benzene rings is 1. The zero-order valence-corrected chi connectivity index (χ0v) is 11.5. The number of nitrogens with one attached hydrogen (secondary N) is 1. The van der Waals surface area contributed by atoms with Crippen LogP contribution in [0.4, 0.5) is 11.4 Å². The number of hydrogen-bond acceptors (Lipinski definition) is 3. The first-order chi connectivity index (χ1) is 8.49. The molecular formula is C14H16N2OS. The quantitative estimate of drug-likeness (QED) is 0.868. The van der Waals surface area contributed by atoms with Gasteiger partial charge in [-0.1, -0.05) is 18.2 Å². The van der Waals surface area contributed by atoms with Crippen LogP contribution in [0.25, 0.3) is 0 Å². The zero-order chi connectivity index (χ0) is 13.3. The van der Waals surface area contributed by atoms with Crippen LogP contribution in [0, 0.1) is 20.8 Å². The molecule has 1 heterocycles. The molecule has 0 fully saturated rings. The molecule has 0 bridgehead atoms. The number of aryl methyl sites for hydroxylation is 3. The lowest BCUT2D eigenvalue weighted by atomic mass is 10.1. The summed E-state index contributed by atoms with van der Waals surface area (Å²) in [7, 11) is 0. The Labute approximate surface area is 111 Å². The van der Waals surface area contributed by atoms with Gasteiger partial charge in [-0.15, -0.1) is 11.3 Å². The van der Waals surface area contributed by atoms with E-state index in [1.807, 2.05) is 39.0 Å². The Morgan fingerprint density at radius 3 is 2.33 bits per heavy atom. The number of carbonyl (C=O) groups is 1. The maximum Gasteiger partial charge on any atom is 0.265 e. The van der Waals surface area contributed by atoms with Gasteiger partial charge in [0.25, 0.3) is 5.91 Å². The molecule has 2 rings (SSSR count). The highest BCUT2D eigenvalue weighted by Gasteiger charge is 2.13. The molecule has 1 aromatic heterocycles. The van der Waals surface area contributed by atoms with Gasteiger partial charge in [0.2, 0.25) is 0 Å². The van der Waals surface area contributed by atoms with Crippen LogP contribution < -0.4 is 11.1 Å². The minimum Gasteiger partial charge on any atom is -0.398 e. The molecule has 0 radical (unpaired) electrons. The summed E-state index contributed by atoms with van der Waals surface area (Å²) in [5, 5.41) is 2.95. The van der Waals surface area contributed by atoms with Crippen molar-refractivity contribution in [1.82, 2.24) is 0 Å². The van der Waals surface area contributed by atoms with Crippen molar-refractivity contribution in [3.8, 4) is 0 Å². The van der Waals surface area contributed by atoms with Crippen molar-refractivity contribution < 1.29 is 4.79 Å². The Bertz CT molecular complexity index is 562. The van der Waals surface area contributed by atoms with Crippen molar-refractivity contribution in [3.05, 3.63) is 45.1 Å². The van der Waals surface area contributed by atoms with E-state index in [4.69, 9.17) is 5.73 Å². The van der Waals surface area contributed by atoms with Crippen LogP contribution >= 0.6 is 11.3 Å². The minimum atomic E-state index is -0.0998. The number of para-hydroxylation sites is 1. The van der Waals surface area contributed by atoms with Gasteiger partial charge in [-0.2, -0.15) is 0 Å². The lowest BCUT2D eigenvalue weighted by Crippen LogP contribution is -2.12. The summed E-state index contributed by atoms with van der Waals surface area (Å²) in [6, 6.07) is 7.67. The van der Waals surface area contributed by atoms with Crippen LogP contribution in [0.5, 0.6) is 0 Å². The molecule has 0 saturated heterocycles. The second-order valence-electron chi connectivity index (χ2n) is 4.34. The Morgan fingerprint density at radius 1 is 1.22 bits per heavy atom. The van der Waals surface area contributed by atoms with E-state index in [9.17, 15) is 4.79 Å². The first kappa shape index (κ1) is 12.6. The minimum absolute atomic E-state index is 0.0998. The number of hydrogen-bond donors (Lipinski definition) is 2. The summed E-state index contributed by atoms with van der Waals surface area (Å²) in [5.74, 6) is -0.0998. The molecule has 0 saturated carbocycles. The van der Waals surface area contributed by atoms with E-state index >= 15 is 0 Å². The molecule has 94 valence electrons. The van der Waals surface area contributed by atoms with Crippen molar-refractivity contribution in [2.24, 2.45) is 0 Å². The van der Waals surface area contributed by atoms with E-state index in [0.717, 1.165) is 21.7 Å². The molecule has 4 heteroatoms. The number of amides is 1. The van der Waals surface area contributed by atoms with Crippen molar-refractivity contribution >= 4 is 28.6 Å². The molecule has 0 aliphatic rings. The third-order valence-electron chi connectivity index (χ3n) is 2.90. The van der Waals surface area contributed by atoms with E-state index < -0.39 is 0 Å². The van der Waals surface area contributed by atoms with Gasteiger partial charge in [-0.05, 0) is 38.0 Å². The third kappa shape index (κ3) is 2.38. The number of rotatable bonds is 2. The summed E-state index contributed by atoms with van der Waals surface area (Å²) < 4.78 is 0. The Hall–Kier alpha value is -1.81. The number of thiophene rings is 1. The number of carbonyl (C=O) groups excluding carboxylic acids is 1. The van der Waals surface area contributed by atoms with Crippen molar-refractivity contribution in [2.45, 2.75) is 20.8 Å². The molecule has 3 nitrogen and oxygen atoms in total. The summed E-state index contributed by atoms with van der Waals surface area (Å²) in [5.41, 5.74) is 9.44. The molecule has 0 unspecified atom stereocenters. The van der Waals surface area contributed by atoms with Crippen molar-refractivity contribution in [1.29, 1.82) is 0 Å². The van der Waals surface area contributed by atoms with E-state index in [-0.39, 0.29) is 5.91 Å². The molecule has 0 atom stereocenters. The second kappa shape index (κ2) is 4.82. The van der Waals surface area contributed by atoms with Crippen LogP contribution in [0.3, 0.4) is 0 Å². The van der Waals surface area contributed by atoms with Gasteiger partial charge in [0.15, 0.2) is 0 Å². The highest BCUT2D eigenvalue weighted by molar-refractivity contribution is 7.14. The van der Waals surface area contributed by atoms with Gasteiger partial charge in [-0.25, -0.2) is 0 Å². The standard InChI is InChI=1S/C14H16N2OS/c1-8-5-4-6-9(2)13(8)16-14(17)12-7-11(15)10(3)18-12/h4-7H,15H2,1-3H3,(H,16,17). The van der Waals surface area contributed by atoms with Gasteiger partial charge in [0.1, 0.15) is 0 Å². The van der Waals surface area contributed by atoms with Gasteiger partial charge in [0, 0.05) is 16.3 Å². The average molecular weight is 260 g/mol. The van der Waals surface area contributed by atoms with Crippen LogP contribution in [-0.4, -0.2) is 5.91 Å². The third-order valence-corrected chi connectivity index (χ3v) is 3.96. The van der Waals surface area contributed by atoms with Gasteiger partial charge in [0.05, 0.1) is 4.88 Å². The van der Waals surface area contributed by atoms with Crippen LogP contribution in [0.1, 0.15) is 25.7 Å². The summed E-state index contributed by atoms with van der Waals surface area (Å²) in [4.78, 5) is 13.7. The lowest BCUT2D eigenvalue weighted by molar-refractivity contribution is 0.103. The van der Waals surface area contributed by atoms with E-state index in [1.165, 1.54) is 11.3 Å². The number of anilines is 2. The second-order valence-corrected chi connectivity index (χ2v) is 5.60.